The summed E-state index contributed by atoms with van der Waals surface area (Å²) in [6, 6.07) is 0. The van der Waals surface area contributed by atoms with Gasteiger partial charge in [0.25, 0.3) is 20.2 Å². The van der Waals surface area contributed by atoms with Crippen LogP contribution in [0.15, 0.2) is 0 Å². The average molecular weight is 433 g/mol. The summed E-state index contributed by atoms with van der Waals surface area (Å²) >= 11 is 0. The SMILES string of the molecule is CCCCCCCCCCC(C(=O)OCCOCCS(=O)(=O)O)S(=O)(=O)O. The van der Waals surface area contributed by atoms with E-state index < -0.39 is 37.2 Å². The summed E-state index contributed by atoms with van der Waals surface area (Å²) in [5, 5.41) is -1.63. The maximum Gasteiger partial charge on any atom is 0.326 e. The molecule has 0 aliphatic rings. The Hall–Kier alpha value is -0.750. The summed E-state index contributed by atoms with van der Waals surface area (Å²) < 4.78 is 71.1. The lowest BCUT2D eigenvalue weighted by molar-refractivity contribution is -0.144. The molecule has 162 valence electrons. The van der Waals surface area contributed by atoms with Crippen molar-refractivity contribution in [2.75, 3.05) is 25.6 Å². The van der Waals surface area contributed by atoms with Gasteiger partial charge in [-0.15, -0.1) is 0 Å². The molecule has 0 aromatic heterocycles. The van der Waals surface area contributed by atoms with Crippen LogP contribution in [-0.2, 0) is 34.5 Å². The summed E-state index contributed by atoms with van der Waals surface area (Å²) in [5.41, 5.74) is 0. The average Bonchev–Trinajstić information content (AvgIpc) is 2.54. The number of carbonyl (C=O) groups excluding carboxylic acids is 1. The molecule has 0 radical (unpaired) electrons. The van der Waals surface area contributed by atoms with Crippen LogP contribution < -0.4 is 0 Å². The first-order valence-corrected chi connectivity index (χ1v) is 12.3. The van der Waals surface area contributed by atoms with Gasteiger partial charge in [0.15, 0.2) is 5.25 Å². The molecule has 1 atom stereocenters. The van der Waals surface area contributed by atoms with Crippen LogP contribution in [0.1, 0.15) is 64.7 Å². The van der Waals surface area contributed by atoms with Gasteiger partial charge in [0.2, 0.25) is 0 Å². The molecule has 0 saturated carbocycles. The van der Waals surface area contributed by atoms with Gasteiger partial charge in [0.1, 0.15) is 6.61 Å². The standard InChI is InChI=1S/C16H32O9S2/c1-2-3-4-5-6-7-8-9-10-15(27(21,22)23)16(17)25-12-11-24-13-14-26(18,19)20/h15H,2-14H2,1H3,(H,18,19,20)(H,21,22,23). The second-order valence-electron chi connectivity index (χ2n) is 6.33. The van der Waals surface area contributed by atoms with E-state index in [2.05, 4.69) is 6.92 Å². The highest BCUT2D eigenvalue weighted by Crippen LogP contribution is 2.15. The Morgan fingerprint density at radius 3 is 1.93 bits per heavy atom. The maximum atomic E-state index is 11.9. The first-order chi connectivity index (χ1) is 12.6. The fourth-order valence-corrected chi connectivity index (χ4v) is 3.52. The minimum atomic E-state index is -4.56. The number of hydrogen-bond acceptors (Lipinski definition) is 7. The Morgan fingerprint density at radius 2 is 1.41 bits per heavy atom. The Morgan fingerprint density at radius 1 is 0.852 bits per heavy atom. The topological polar surface area (TPSA) is 144 Å². The second kappa shape index (κ2) is 14.3. The van der Waals surface area contributed by atoms with Crippen molar-refractivity contribution in [2.45, 2.75) is 70.0 Å². The van der Waals surface area contributed by atoms with Crippen LogP contribution >= 0.6 is 0 Å². The third-order valence-electron chi connectivity index (χ3n) is 3.90. The zero-order chi connectivity index (χ0) is 20.8. The van der Waals surface area contributed by atoms with Gasteiger partial charge in [-0.1, -0.05) is 58.3 Å². The monoisotopic (exact) mass is 432 g/mol. The summed E-state index contributed by atoms with van der Waals surface area (Å²) in [7, 11) is -8.69. The molecule has 0 aromatic rings. The summed E-state index contributed by atoms with van der Waals surface area (Å²) in [4.78, 5) is 11.9. The van der Waals surface area contributed by atoms with Gasteiger partial charge in [0, 0.05) is 0 Å². The van der Waals surface area contributed by atoms with Crippen molar-refractivity contribution < 1.29 is 40.2 Å². The number of hydrogen-bond donors (Lipinski definition) is 2. The molecule has 2 N–H and O–H groups in total. The fraction of sp³-hybridized carbons (Fsp3) is 0.938. The maximum absolute atomic E-state index is 11.9. The lowest BCUT2D eigenvalue weighted by atomic mass is 10.1. The molecule has 9 nitrogen and oxygen atoms in total. The molecule has 0 aromatic carbocycles. The zero-order valence-electron chi connectivity index (χ0n) is 15.8. The van der Waals surface area contributed by atoms with Gasteiger partial charge in [-0.2, -0.15) is 16.8 Å². The summed E-state index contributed by atoms with van der Waals surface area (Å²) in [5.74, 6) is -1.65. The molecule has 0 fully saturated rings. The highest BCUT2D eigenvalue weighted by molar-refractivity contribution is 7.87. The van der Waals surface area contributed by atoms with Crippen LogP contribution in [0, 0.1) is 0 Å². The molecule has 0 amide bonds. The molecular formula is C16H32O9S2. The first kappa shape index (κ1) is 26.2. The molecular weight excluding hydrogens is 400 g/mol. The summed E-state index contributed by atoms with van der Waals surface area (Å²) in [6.45, 7) is 1.42. The van der Waals surface area contributed by atoms with Gasteiger partial charge in [-0.3, -0.25) is 13.9 Å². The van der Waals surface area contributed by atoms with E-state index >= 15 is 0 Å². The molecule has 0 bridgehead atoms. The van der Waals surface area contributed by atoms with Crippen LogP contribution in [0.2, 0.25) is 0 Å². The van der Waals surface area contributed by atoms with Crippen LogP contribution in [0.4, 0.5) is 0 Å². The molecule has 0 aliphatic heterocycles. The predicted octanol–water partition coefficient (Wildman–Crippen LogP) is 2.22. The third-order valence-corrected chi connectivity index (χ3v) is 5.73. The molecule has 0 spiro atoms. The lowest BCUT2D eigenvalue weighted by Gasteiger charge is -2.13. The minimum absolute atomic E-state index is 0.0176. The van der Waals surface area contributed by atoms with Gasteiger partial charge in [-0.05, 0) is 6.42 Å². The molecule has 27 heavy (non-hydrogen) atoms. The van der Waals surface area contributed by atoms with E-state index in [1.807, 2.05) is 0 Å². The quantitative estimate of drug-likeness (QED) is 0.201. The Labute approximate surface area is 162 Å². The second-order valence-corrected chi connectivity index (χ2v) is 9.50. The van der Waals surface area contributed by atoms with Crippen molar-refractivity contribution in [1.82, 2.24) is 0 Å². The zero-order valence-corrected chi connectivity index (χ0v) is 17.5. The van der Waals surface area contributed by atoms with Gasteiger partial charge >= 0.3 is 5.97 Å². The number of unbranched alkanes of at least 4 members (excludes halogenated alkanes) is 7. The van der Waals surface area contributed by atoms with Crippen molar-refractivity contribution in [3.63, 3.8) is 0 Å². The van der Waals surface area contributed by atoms with Gasteiger partial charge in [0.05, 0.1) is 19.0 Å². The highest BCUT2D eigenvalue weighted by atomic mass is 32.2. The number of esters is 1. The smallest absolute Gasteiger partial charge is 0.326 e. The van der Waals surface area contributed by atoms with E-state index in [9.17, 15) is 26.2 Å². The number of rotatable bonds is 17. The third kappa shape index (κ3) is 16.0. The number of carbonyl (C=O) groups is 1. The predicted molar refractivity (Wildman–Crippen MR) is 101 cm³/mol. The molecule has 0 rings (SSSR count). The molecule has 11 heteroatoms. The Kier molecular flexibility index (Phi) is 13.9. The minimum Gasteiger partial charge on any atom is -0.462 e. The van der Waals surface area contributed by atoms with Crippen molar-refractivity contribution in [1.29, 1.82) is 0 Å². The van der Waals surface area contributed by atoms with Crippen LogP contribution in [0.5, 0.6) is 0 Å². The molecule has 0 aliphatic carbocycles. The van der Waals surface area contributed by atoms with Gasteiger partial charge < -0.3 is 9.47 Å². The Bertz CT molecular complexity index is 599. The van der Waals surface area contributed by atoms with Crippen molar-refractivity contribution in [3.05, 3.63) is 0 Å². The lowest BCUT2D eigenvalue weighted by Crippen LogP contribution is -2.32. The van der Waals surface area contributed by atoms with Crippen LogP contribution in [0.25, 0.3) is 0 Å². The molecule has 0 heterocycles. The van der Waals surface area contributed by atoms with Crippen LogP contribution in [0.3, 0.4) is 0 Å². The van der Waals surface area contributed by atoms with Gasteiger partial charge in [-0.25, -0.2) is 0 Å². The van der Waals surface area contributed by atoms with E-state index in [4.69, 9.17) is 14.0 Å². The first-order valence-electron chi connectivity index (χ1n) is 9.23. The normalized spacial score (nSPS) is 13.4. The van der Waals surface area contributed by atoms with Crippen molar-refractivity contribution in [2.24, 2.45) is 0 Å². The van der Waals surface area contributed by atoms with E-state index in [-0.39, 0.29) is 26.2 Å². The number of ether oxygens (including phenoxy) is 2. The Balaban J connectivity index is 4.06. The molecule has 0 saturated heterocycles. The molecule has 1 unspecified atom stereocenters. The largest absolute Gasteiger partial charge is 0.462 e. The van der Waals surface area contributed by atoms with E-state index in [1.165, 1.54) is 19.3 Å². The van der Waals surface area contributed by atoms with Crippen LogP contribution in [-0.4, -0.2) is 62.7 Å². The summed E-state index contributed by atoms with van der Waals surface area (Å²) in [6.07, 6.45) is 7.93. The van der Waals surface area contributed by atoms with Crippen molar-refractivity contribution >= 4 is 26.2 Å². The van der Waals surface area contributed by atoms with Crippen molar-refractivity contribution in [3.8, 4) is 0 Å². The van der Waals surface area contributed by atoms with E-state index in [0.29, 0.717) is 6.42 Å². The fourth-order valence-electron chi connectivity index (χ4n) is 2.41. The highest BCUT2D eigenvalue weighted by Gasteiger charge is 2.31. The van der Waals surface area contributed by atoms with E-state index in [1.54, 1.807) is 0 Å². The van der Waals surface area contributed by atoms with E-state index in [0.717, 1.165) is 25.7 Å².